The van der Waals surface area contributed by atoms with Crippen molar-refractivity contribution in [2.75, 3.05) is 0 Å². The highest BCUT2D eigenvalue weighted by molar-refractivity contribution is 5.12. The van der Waals surface area contributed by atoms with Crippen LogP contribution in [0.25, 0.3) is 0 Å². The second-order valence-electron chi connectivity index (χ2n) is 22.9. The van der Waals surface area contributed by atoms with Crippen molar-refractivity contribution in [1.82, 2.24) is 9.80 Å². The molecular weight excluding hydrogens is 643 g/mol. The van der Waals surface area contributed by atoms with E-state index < -0.39 is 12.3 Å². The zero-order valence-corrected chi connectivity index (χ0v) is 35.4. The standard InChI is InChI=1S/C48H84F2N2/c1-31-9-19-37(20-10-31)51(39-23-15-35(49)16-24-39)45-41-27-13-34(48(6,7)8)30-44(41)46(42-28-14-33(29-43(42)45)47(3,4)5)52(38-21-11-32(2)12-22-38)40-25-17-36(50)18-26-40/h31-46H,9-30H2,1-8H3. The third-order valence-electron chi connectivity index (χ3n) is 17.7. The van der Waals surface area contributed by atoms with Crippen LogP contribution in [0.2, 0.25) is 0 Å². The molecule has 52 heavy (non-hydrogen) atoms. The summed E-state index contributed by atoms with van der Waals surface area (Å²) < 4.78 is 29.9. The van der Waals surface area contributed by atoms with Gasteiger partial charge in [-0.3, -0.25) is 9.80 Å². The van der Waals surface area contributed by atoms with Gasteiger partial charge >= 0.3 is 0 Å². The maximum atomic E-state index is 14.9. The van der Waals surface area contributed by atoms with Crippen LogP contribution < -0.4 is 0 Å². The number of rotatable bonds is 6. The Balaban J connectivity index is 1.34. The minimum Gasteiger partial charge on any atom is -0.294 e. The van der Waals surface area contributed by atoms with Crippen molar-refractivity contribution in [3.8, 4) is 0 Å². The highest BCUT2D eigenvalue weighted by atomic mass is 19.1. The summed E-state index contributed by atoms with van der Waals surface area (Å²) in [4.78, 5) is 6.51. The molecule has 8 unspecified atom stereocenters. The predicted octanol–water partition coefficient (Wildman–Crippen LogP) is 13.2. The lowest BCUT2D eigenvalue weighted by Crippen LogP contribution is -2.70. The van der Waals surface area contributed by atoms with Crippen molar-refractivity contribution >= 4 is 0 Å². The summed E-state index contributed by atoms with van der Waals surface area (Å²) in [5, 5.41) is 0. The molecule has 7 rings (SSSR count). The molecule has 7 aliphatic rings. The number of nitrogens with zero attached hydrogens (tertiary/aromatic N) is 2. The molecule has 0 spiro atoms. The molecular formula is C48H84F2N2. The first kappa shape index (κ1) is 40.0. The third-order valence-corrected chi connectivity index (χ3v) is 17.7. The van der Waals surface area contributed by atoms with Gasteiger partial charge in [-0.15, -0.1) is 0 Å². The summed E-state index contributed by atoms with van der Waals surface area (Å²) in [6.07, 6.45) is 25.5. The molecule has 8 atom stereocenters. The van der Waals surface area contributed by atoms with Crippen molar-refractivity contribution in [2.45, 2.75) is 245 Å². The van der Waals surface area contributed by atoms with E-state index in [1.54, 1.807) is 0 Å². The van der Waals surface area contributed by atoms with Crippen LogP contribution in [-0.4, -0.2) is 58.4 Å². The molecule has 7 saturated carbocycles. The van der Waals surface area contributed by atoms with Gasteiger partial charge in [0, 0.05) is 36.3 Å². The van der Waals surface area contributed by atoms with Crippen molar-refractivity contribution < 1.29 is 8.78 Å². The molecule has 0 aromatic carbocycles. The third kappa shape index (κ3) is 8.54. The Morgan fingerprint density at radius 2 is 0.654 bits per heavy atom. The summed E-state index contributed by atoms with van der Waals surface area (Å²) in [5.74, 6) is 6.22. The Morgan fingerprint density at radius 3 is 0.942 bits per heavy atom. The van der Waals surface area contributed by atoms with Crippen LogP contribution in [0.5, 0.6) is 0 Å². The predicted molar refractivity (Wildman–Crippen MR) is 216 cm³/mol. The van der Waals surface area contributed by atoms with E-state index in [1.807, 2.05) is 0 Å². The second kappa shape index (κ2) is 16.3. The quantitative estimate of drug-likeness (QED) is 0.269. The minimum absolute atomic E-state index is 0.335. The van der Waals surface area contributed by atoms with E-state index in [2.05, 4.69) is 65.2 Å². The summed E-state index contributed by atoms with van der Waals surface area (Å²) in [5.41, 5.74) is 0.670. The lowest BCUT2D eigenvalue weighted by Gasteiger charge is -2.66. The first-order chi connectivity index (χ1) is 24.7. The zero-order chi connectivity index (χ0) is 36.9. The monoisotopic (exact) mass is 727 g/mol. The Labute approximate surface area is 321 Å². The van der Waals surface area contributed by atoms with Gasteiger partial charge in [0.25, 0.3) is 0 Å². The van der Waals surface area contributed by atoms with E-state index in [0.717, 1.165) is 98.7 Å². The molecule has 0 bridgehead atoms. The van der Waals surface area contributed by atoms with E-state index >= 15 is 0 Å². The Kier molecular flexibility index (Phi) is 12.6. The molecule has 0 aliphatic heterocycles. The Hall–Kier alpha value is -0.220. The average Bonchev–Trinajstić information content (AvgIpc) is 3.11. The normalized spacial score (nSPS) is 46.8. The minimum atomic E-state index is -0.589. The molecule has 0 heterocycles. The number of hydrogen-bond acceptors (Lipinski definition) is 2. The van der Waals surface area contributed by atoms with Gasteiger partial charge in [0.2, 0.25) is 0 Å². The van der Waals surface area contributed by atoms with Crippen LogP contribution >= 0.6 is 0 Å². The number of fused-ring (bicyclic) bond motifs is 2. The van der Waals surface area contributed by atoms with Crippen molar-refractivity contribution in [1.29, 1.82) is 0 Å². The van der Waals surface area contributed by atoms with E-state index in [4.69, 9.17) is 0 Å². The molecule has 0 radical (unpaired) electrons. The van der Waals surface area contributed by atoms with Crippen LogP contribution in [-0.2, 0) is 0 Å². The highest BCUT2D eigenvalue weighted by Gasteiger charge is 2.60. The molecule has 0 N–H and O–H groups in total. The summed E-state index contributed by atoms with van der Waals surface area (Å²) in [6.45, 7) is 20.2. The highest BCUT2D eigenvalue weighted by Crippen LogP contribution is 2.60. The lowest BCUT2D eigenvalue weighted by atomic mass is 9.49. The van der Waals surface area contributed by atoms with Gasteiger partial charge in [-0.05, 0) is 199 Å². The van der Waals surface area contributed by atoms with Crippen LogP contribution in [0.1, 0.15) is 197 Å². The molecule has 0 aromatic heterocycles. The molecule has 0 saturated heterocycles. The fraction of sp³-hybridized carbons (Fsp3) is 1.00. The number of hydrogen-bond donors (Lipinski definition) is 0. The van der Waals surface area contributed by atoms with Crippen molar-refractivity contribution in [3.63, 3.8) is 0 Å². The van der Waals surface area contributed by atoms with Crippen LogP contribution in [0.15, 0.2) is 0 Å². The topological polar surface area (TPSA) is 6.48 Å². The van der Waals surface area contributed by atoms with Crippen LogP contribution in [0, 0.1) is 58.2 Å². The van der Waals surface area contributed by atoms with E-state index in [9.17, 15) is 8.78 Å². The van der Waals surface area contributed by atoms with Crippen LogP contribution in [0.4, 0.5) is 8.78 Å². The Bertz CT molecular complexity index is 978. The largest absolute Gasteiger partial charge is 0.294 e. The zero-order valence-electron chi connectivity index (χ0n) is 35.4. The second-order valence-corrected chi connectivity index (χ2v) is 22.9. The SMILES string of the molecule is CC1CCC(N(C2CCC(F)CC2)C2C3CCC(C(C)(C)C)CC3C(N(C3CCC(C)CC3)C3CCC(F)CC3)C3CCC(C(C)(C)C)CC32)CC1. The number of halogens is 2. The molecule has 2 nitrogen and oxygen atoms in total. The lowest BCUT2D eigenvalue weighted by molar-refractivity contribution is -0.166. The maximum absolute atomic E-state index is 14.9. The van der Waals surface area contributed by atoms with E-state index in [0.29, 0.717) is 47.1 Å². The van der Waals surface area contributed by atoms with Crippen molar-refractivity contribution in [3.05, 3.63) is 0 Å². The fourth-order valence-corrected chi connectivity index (χ4v) is 14.5. The Morgan fingerprint density at radius 1 is 0.365 bits per heavy atom. The van der Waals surface area contributed by atoms with Gasteiger partial charge in [0.15, 0.2) is 0 Å². The first-order valence-electron chi connectivity index (χ1n) is 23.5. The van der Waals surface area contributed by atoms with E-state index in [-0.39, 0.29) is 0 Å². The molecule has 300 valence electrons. The molecule has 0 aromatic rings. The smallest absolute Gasteiger partial charge is 0.100 e. The molecule has 0 amide bonds. The van der Waals surface area contributed by atoms with Crippen LogP contribution in [0.3, 0.4) is 0 Å². The average molecular weight is 727 g/mol. The summed E-state index contributed by atoms with van der Waals surface area (Å²) >= 11 is 0. The van der Waals surface area contributed by atoms with E-state index in [1.165, 1.54) is 89.9 Å². The maximum Gasteiger partial charge on any atom is 0.100 e. The van der Waals surface area contributed by atoms with Gasteiger partial charge in [-0.2, -0.15) is 0 Å². The van der Waals surface area contributed by atoms with Gasteiger partial charge in [0.1, 0.15) is 12.3 Å². The first-order valence-corrected chi connectivity index (χ1v) is 23.5. The molecule has 7 fully saturated rings. The fourth-order valence-electron chi connectivity index (χ4n) is 14.5. The molecule has 7 aliphatic carbocycles. The van der Waals surface area contributed by atoms with Gasteiger partial charge < -0.3 is 0 Å². The van der Waals surface area contributed by atoms with Gasteiger partial charge in [-0.25, -0.2) is 8.78 Å². The molecule has 4 heteroatoms. The van der Waals surface area contributed by atoms with Crippen molar-refractivity contribution in [2.24, 2.45) is 58.2 Å². The summed E-state index contributed by atoms with van der Waals surface area (Å²) in [7, 11) is 0. The summed E-state index contributed by atoms with van der Waals surface area (Å²) in [6, 6.07) is 3.83. The van der Waals surface area contributed by atoms with Gasteiger partial charge in [0.05, 0.1) is 0 Å². The van der Waals surface area contributed by atoms with Gasteiger partial charge in [-0.1, -0.05) is 55.4 Å². The number of alkyl halides is 2.